The Morgan fingerprint density at radius 2 is 2.22 bits per heavy atom. The molecule has 0 radical (unpaired) electrons. The first kappa shape index (κ1) is 13.6. The summed E-state index contributed by atoms with van der Waals surface area (Å²) in [7, 11) is 0. The molecule has 96 valence electrons. The van der Waals surface area contributed by atoms with E-state index in [-0.39, 0.29) is 18.2 Å². The molecule has 3 nitrogen and oxygen atoms in total. The quantitative estimate of drug-likeness (QED) is 0.791. The summed E-state index contributed by atoms with van der Waals surface area (Å²) in [5.74, 6) is -0.0582. The van der Waals surface area contributed by atoms with Crippen molar-refractivity contribution >= 4 is 40.3 Å². The van der Waals surface area contributed by atoms with Crippen LogP contribution in [0.4, 0.5) is 0 Å². The second-order valence-corrected chi connectivity index (χ2v) is 6.50. The molecular weight excluding hydrogens is 291 g/mol. The number of hydrogen-bond acceptors (Lipinski definition) is 3. The zero-order valence-electron chi connectivity index (χ0n) is 9.98. The van der Waals surface area contributed by atoms with E-state index < -0.39 is 0 Å². The smallest absolute Gasteiger partial charge is 0.171 e. The van der Waals surface area contributed by atoms with Gasteiger partial charge in [0, 0.05) is 17.8 Å². The van der Waals surface area contributed by atoms with Crippen molar-refractivity contribution in [2.24, 2.45) is 0 Å². The van der Waals surface area contributed by atoms with Crippen molar-refractivity contribution < 1.29 is 4.79 Å². The molecule has 2 aromatic rings. The van der Waals surface area contributed by atoms with Crippen LogP contribution in [0.5, 0.6) is 0 Å². The van der Waals surface area contributed by atoms with Crippen LogP contribution in [0, 0.1) is 0 Å². The number of rotatable bonds is 4. The summed E-state index contributed by atoms with van der Waals surface area (Å²) in [6.45, 7) is 4.07. The van der Waals surface area contributed by atoms with Crippen molar-refractivity contribution in [1.82, 2.24) is 9.78 Å². The molecule has 2 heterocycles. The van der Waals surface area contributed by atoms with Gasteiger partial charge < -0.3 is 0 Å². The highest BCUT2D eigenvalue weighted by Gasteiger charge is 2.16. The lowest BCUT2D eigenvalue weighted by Gasteiger charge is -2.03. The Balaban J connectivity index is 2.13. The lowest BCUT2D eigenvalue weighted by Crippen LogP contribution is -2.06. The Morgan fingerprint density at radius 1 is 1.50 bits per heavy atom. The molecule has 0 aliphatic heterocycles. The molecule has 0 saturated heterocycles. The number of Topliss-reactive ketones (excluding diaryl/α,β-unsaturated/α-hetero) is 1. The third kappa shape index (κ3) is 2.94. The molecule has 0 atom stereocenters. The highest BCUT2D eigenvalue weighted by Crippen LogP contribution is 2.31. The molecule has 0 N–H and O–H groups in total. The van der Waals surface area contributed by atoms with Crippen LogP contribution in [0.1, 0.15) is 35.9 Å². The maximum absolute atomic E-state index is 12.0. The standard InChI is InChI=1S/C12H12Cl2N2OS/c1-7(2)16-4-3-8(15-16)5-10(17)9-6-11(13)18-12(9)14/h3-4,6-7H,5H2,1-2H3. The second-order valence-electron chi connectivity index (χ2n) is 4.22. The van der Waals surface area contributed by atoms with Gasteiger partial charge in [-0.25, -0.2) is 0 Å². The first-order valence-corrected chi connectivity index (χ1v) is 7.06. The van der Waals surface area contributed by atoms with Gasteiger partial charge in [-0.3, -0.25) is 9.48 Å². The number of hydrogen-bond donors (Lipinski definition) is 0. The fourth-order valence-corrected chi connectivity index (χ4v) is 3.05. The molecule has 0 amide bonds. The van der Waals surface area contributed by atoms with Gasteiger partial charge >= 0.3 is 0 Å². The molecule has 0 aliphatic carbocycles. The normalized spacial score (nSPS) is 11.2. The molecule has 6 heteroatoms. The molecule has 2 rings (SSSR count). The Bertz CT molecular complexity index is 574. The van der Waals surface area contributed by atoms with Crippen LogP contribution in [0.25, 0.3) is 0 Å². The molecule has 0 aromatic carbocycles. The number of ketones is 1. The van der Waals surface area contributed by atoms with Gasteiger partial charge in [-0.2, -0.15) is 5.10 Å². The van der Waals surface area contributed by atoms with E-state index in [1.807, 2.05) is 30.8 Å². The summed E-state index contributed by atoms with van der Waals surface area (Å²) in [6.07, 6.45) is 2.11. The lowest BCUT2D eigenvalue weighted by atomic mass is 10.1. The van der Waals surface area contributed by atoms with Gasteiger partial charge in [0.05, 0.1) is 16.5 Å². The summed E-state index contributed by atoms with van der Waals surface area (Å²) in [5.41, 5.74) is 1.22. The van der Waals surface area contributed by atoms with E-state index >= 15 is 0 Å². The molecule has 0 saturated carbocycles. The zero-order chi connectivity index (χ0) is 13.3. The van der Waals surface area contributed by atoms with Crippen molar-refractivity contribution in [3.8, 4) is 0 Å². The molecule has 0 bridgehead atoms. The summed E-state index contributed by atoms with van der Waals surface area (Å²) in [5, 5.41) is 4.33. The Morgan fingerprint density at radius 3 is 2.72 bits per heavy atom. The van der Waals surface area contributed by atoms with Crippen LogP contribution in [-0.4, -0.2) is 15.6 Å². The van der Waals surface area contributed by atoms with E-state index in [9.17, 15) is 4.79 Å². The van der Waals surface area contributed by atoms with Crippen molar-refractivity contribution in [2.45, 2.75) is 26.3 Å². The summed E-state index contributed by atoms with van der Waals surface area (Å²) < 4.78 is 2.79. The van der Waals surface area contributed by atoms with E-state index in [0.29, 0.717) is 14.2 Å². The highest BCUT2D eigenvalue weighted by atomic mass is 35.5. The second kappa shape index (κ2) is 5.43. The van der Waals surface area contributed by atoms with Gasteiger partial charge in [0.25, 0.3) is 0 Å². The average Bonchev–Trinajstić information content (AvgIpc) is 2.85. The van der Waals surface area contributed by atoms with Gasteiger partial charge in [-0.05, 0) is 26.0 Å². The lowest BCUT2D eigenvalue weighted by molar-refractivity contribution is 0.0992. The first-order chi connectivity index (χ1) is 8.47. The summed E-state index contributed by atoms with van der Waals surface area (Å²) in [4.78, 5) is 12.0. The molecule has 0 spiro atoms. The van der Waals surface area contributed by atoms with Crippen LogP contribution < -0.4 is 0 Å². The molecule has 0 unspecified atom stereocenters. The van der Waals surface area contributed by atoms with Crippen LogP contribution in [0.2, 0.25) is 8.67 Å². The molecule has 18 heavy (non-hydrogen) atoms. The van der Waals surface area contributed by atoms with E-state index in [4.69, 9.17) is 23.2 Å². The fraction of sp³-hybridized carbons (Fsp3) is 0.333. The number of thiophene rings is 1. The van der Waals surface area contributed by atoms with E-state index in [1.165, 1.54) is 11.3 Å². The molecule has 0 fully saturated rings. The van der Waals surface area contributed by atoms with Crippen molar-refractivity contribution in [3.05, 3.63) is 38.3 Å². The average molecular weight is 303 g/mol. The maximum atomic E-state index is 12.0. The summed E-state index contributed by atoms with van der Waals surface area (Å²) in [6, 6.07) is 3.74. The van der Waals surface area contributed by atoms with Gasteiger partial charge in [-0.1, -0.05) is 23.2 Å². The van der Waals surface area contributed by atoms with Gasteiger partial charge in [0.1, 0.15) is 4.34 Å². The number of nitrogens with zero attached hydrogens (tertiary/aromatic N) is 2. The van der Waals surface area contributed by atoms with Gasteiger partial charge in [0.2, 0.25) is 0 Å². The summed E-state index contributed by atoms with van der Waals surface area (Å²) >= 11 is 13.0. The molecule has 2 aromatic heterocycles. The first-order valence-electron chi connectivity index (χ1n) is 5.49. The predicted molar refractivity (Wildman–Crippen MR) is 75.0 cm³/mol. The molecule has 0 aliphatic rings. The number of carbonyl (C=O) groups is 1. The van der Waals surface area contributed by atoms with Crippen molar-refractivity contribution in [1.29, 1.82) is 0 Å². The van der Waals surface area contributed by atoms with Gasteiger partial charge in [-0.15, -0.1) is 11.3 Å². The predicted octanol–water partition coefficient (Wildman–Crippen LogP) is 4.26. The van der Waals surface area contributed by atoms with Crippen LogP contribution in [0.15, 0.2) is 18.3 Å². The number of carbonyl (C=O) groups excluding carboxylic acids is 1. The third-order valence-electron chi connectivity index (χ3n) is 2.49. The van der Waals surface area contributed by atoms with E-state index in [1.54, 1.807) is 6.07 Å². The van der Waals surface area contributed by atoms with E-state index in [2.05, 4.69) is 5.10 Å². The van der Waals surface area contributed by atoms with Crippen LogP contribution in [-0.2, 0) is 6.42 Å². The number of aromatic nitrogens is 2. The third-order valence-corrected chi connectivity index (χ3v) is 3.98. The minimum Gasteiger partial charge on any atom is -0.294 e. The van der Waals surface area contributed by atoms with Crippen LogP contribution in [0.3, 0.4) is 0 Å². The number of halogens is 2. The Kier molecular flexibility index (Phi) is 4.10. The van der Waals surface area contributed by atoms with Gasteiger partial charge in [0.15, 0.2) is 5.78 Å². The maximum Gasteiger partial charge on any atom is 0.171 e. The molecular formula is C12H12Cl2N2OS. The fourth-order valence-electron chi connectivity index (χ4n) is 1.55. The van der Waals surface area contributed by atoms with E-state index in [0.717, 1.165) is 5.69 Å². The van der Waals surface area contributed by atoms with Crippen molar-refractivity contribution in [3.63, 3.8) is 0 Å². The topological polar surface area (TPSA) is 34.9 Å². The highest BCUT2D eigenvalue weighted by molar-refractivity contribution is 7.20. The van der Waals surface area contributed by atoms with Crippen molar-refractivity contribution in [2.75, 3.05) is 0 Å². The van der Waals surface area contributed by atoms with Crippen LogP contribution >= 0.6 is 34.5 Å². The zero-order valence-corrected chi connectivity index (χ0v) is 12.3. The SMILES string of the molecule is CC(C)n1ccc(CC(=O)c2cc(Cl)sc2Cl)n1. The monoisotopic (exact) mass is 302 g/mol. The Labute approximate surface area is 119 Å². The minimum atomic E-state index is -0.0582. The minimum absolute atomic E-state index is 0.0582. The largest absolute Gasteiger partial charge is 0.294 e. The Hall–Kier alpha value is -0.840.